The summed E-state index contributed by atoms with van der Waals surface area (Å²) in [7, 11) is 0. The molecule has 1 aromatic carbocycles. The molecular weight excluding hydrogens is 276 g/mol. The van der Waals surface area contributed by atoms with Crippen LogP contribution in [0.1, 0.15) is 19.3 Å². The van der Waals surface area contributed by atoms with Crippen LogP contribution >= 0.6 is 11.8 Å². The number of aliphatic carboxylic acids is 1. The lowest BCUT2D eigenvalue weighted by molar-refractivity contribution is -0.143. The Labute approximate surface area is 122 Å². The topological polar surface area (TPSA) is 69.6 Å². The number of hydrogen-bond donors (Lipinski definition) is 2. The number of carbonyl (C=O) groups is 2. The van der Waals surface area contributed by atoms with Gasteiger partial charge in [-0.2, -0.15) is 0 Å². The van der Waals surface area contributed by atoms with Crippen LogP contribution in [0.3, 0.4) is 0 Å². The number of likely N-dealkylation sites (tertiary alicyclic amines) is 1. The molecule has 0 radical (unpaired) electrons. The second-order valence-corrected chi connectivity index (χ2v) is 5.58. The molecule has 5 nitrogen and oxygen atoms in total. The zero-order valence-corrected chi connectivity index (χ0v) is 12.2. The van der Waals surface area contributed by atoms with E-state index in [0.717, 1.165) is 17.7 Å². The van der Waals surface area contributed by atoms with Gasteiger partial charge in [0, 0.05) is 17.1 Å². The standard InChI is InChI=1S/C14H18N2O3S/c1-20-11-7-5-10(6-8-11)15-14(19)16-9-3-2-4-12(16)13(17)18/h5-8,12H,2-4,9H2,1H3,(H,15,19)(H,17,18). The predicted octanol–water partition coefficient (Wildman–Crippen LogP) is 2.88. The Balaban J connectivity index is 2.03. The minimum Gasteiger partial charge on any atom is -0.480 e. The lowest BCUT2D eigenvalue weighted by atomic mass is 10.0. The second-order valence-electron chi connectivity index (χ2n) is 4.70. The van der Waals surface area contributed by atoms with Gasteiger partial charge in [0.2, 0.25) is 0 Å². The van der Waals surface area contributed by atoms with Crippen LogP contribution in [0.25, 0.3) is 0 Å². The van der Waals surface area contributed by atoms with Crippen LogP contribution < -0.4 is 5.32 Å². The van der Waals surface area contributed by atoms with Gasteiger partial charge in [-0.1, -0.05) is 0 Å². The number of rotatable bonds is 3. The van der Waals surface area contributed by atoms with Crippen molar-refractivity contribution in [1.82, 2.24) is 4.90 Å². The Hall–Kier alpha value is -1.69. The van der Waals surface area contributed by atoms with E-state index in [-0.39, 0.29) is 6.03 Å². The van der Waals surface area contributed by atoms with E-state index in [9.17, 15) is 9.59 Å². The minimum absolute atomic E-state index is 0.339. The fourth-order valence-corrected chi connectivity index (χ4v) is 2.71. The quantitative estimate of drug-likeness (QED) is 0.841. The summed E-state index contributed by atoms with van der Waals surface area (Å²) in [5.41, 5.74) is 0.683. The SMILES string of the molecule is CSc1ccc(NC(=O)N2CCCCC2C(=O)O)cc1. The smallest absolute Gasteiger partial charge is 0.326 e. The van der Waals surface area contributed by atoms with Crippen molar-refractivity contribution in [3.63, 3.8) is 0 Å². The third-order valence-corrected chi connectivity index (χ3v) is 4.13. The molecule has 0 saturated carbocycles. The average Bonchev–Trinajstić information content (AvgIpc) is 2.48. The molecule has 0 bridgehead atoms. The van der Waals surface area contributed by atoms with Crippen LogP contribution in [0, 0.1) is 0 Å². The number of amides is 2. The zero-order chi connectivity index (χ0) is 14.5. The number of nitrogens with one attached hydrogen (secondary N) is 1. The number of carbonyl (C=O) groups excluding carboxylic acids is 1. The Morgan fingerprint density at radius 2 is 2.00 bits per heavy atom. The molecule has 1 saturated heterocycles. The molecule has 2 N–H and O–H groups in total. The maximum atomic E-state index is 12.2. The summed E-state index contributed by atoms with van der Waals surface area (Å²) in [4.78, 5) is 25.9. The lowest BCUT2D eigenvalue weighted by Crippen LogP contribution is -2.49. The molecule has 1 unspecified atom stereocenters. The Morgan fingerprint density at radius 1 is 1.30 bits per heavy atom. The van der Waals surface area contributed by atoms with E-state index in [2.05, 4.69) is 5.32 Å². The van der Waals surface area contributed by atoms with E-state index in [0.29, 0.717) is 18.7 Å². The van der Waals surface area contributed by atoms with Gasteiger partial charge in [-0.3, -0.25) is 0 Å². The first kappa shape index (κ1) is 14.7. The van der Waals surface area contributed by atoms with Crippen molar-refractivity contribution in [2.24, 2.45) is 0 Å². The van der Waals surface area contributed by atoms with Crippen molar-refractivity contribution in [3.8, 4) is 0 Å². The molecule has 1 aliphatic rings. The molecule has 1 fully saturated rings. The molecular formula is C14H18N2O3S. The summed E-state index contributed by atoms with van der Waals surface area (Å²) in [5.74, 6) is -0.933. The summed E-state index contributed by atoms with van der Waals surface area (Å²) >= 11 is 1.63. The Kier molecular flexibility index (Phi) is 4.89. The number of piperidine rings is 1. The first-order valence-corrected chi connectivity index (χ1v) is 7.79. The number of hydrogen-bond acceptors (Lipinski definition) is 3. The van der Waals surface area contributed by atoms with Gasteiger partial charge in [-0.25, -0.2) is 9.59 Å². The second kappa shape index (κ2) is 6.65. The van der Waals surface area contributed by atoms with E-state index in [1.54, 1.807) is 11.8 Å². The summed E-state index contributed by atoms with van der Waals surface area (Å²) in [6.07, 6.45) is 4.21. The van der Waals surface area contributed by atoms with Gasteiger partial charge in [0.25, 0.3) is 0 Å². The van der Waals surface area contributed by atoms with E-state index in [1.165, 1.54) is 4.90 Å². The predicted molar refractivity (Wildman–Crippen MR) is 79.2 cm³/mol. The van der Waals surface area contributed by atoms with E-state index < -0.39 is 12.0 Å². The molecule has 1 atom stereocenters. The minimum atomic E-state index is -0.933. The van der Waals surface area contributed by atoms with Crippen molar-refractivity contribution in [2.45, 2.75) is 30.2 Å². The Morgan fingerprint density at radius 3 is 2.60 bits per heavy atom. The highest BCUT2D eigenvalue weighted by molar-refractivity contribution is 7.98. The van der Waals surface area contributed by atoms with Crippen molar-refractivity contribution < 1.29 is 14.7 Å². The number of thioether (sulfide) groups is 1. The molecule has 1 heterocycles. The van der Waals surface area contributed by atoms with Crippen LogP contribution in [0.15, 0.2) is 29.2 Å². The highest BCUT2D eigenvalue weighted by Crippen LogP contribution is 2.20. The number of nitrogens with zero attached hydrogens (tertiary/aromatic N) is 1. The highest BCUT2D eigenvalue weighted by Gasteiger charge is 2.31. The average molecular weight is 294 g/mol. The Bertz CT molecular complexity index is 490. The molecule has 108 valence electrons. The van der Waals surface area contributed by atoms with Gasteiger partial charge in [0.05, 0.1) is 0 Å². The van der Waals surface area contributed by atoms with E-state index >= 15 is 0 Å². The van der Waals surface area contributed by atoms with Crippen LogP contribution in [-0.2, 0) is 4.79 Å². The maximum absolute atomic E-state index is 12.2. The first-order valence-electron chi connectivity index (χ1n) is 6.56. The van der Waals surface area contributed by atoms with Gasteiger partial charge < -0.3 is 15.3 Å². The number of urea groups is 1. The normalized spacial score (nSPS) is 18.6. The molecule has 1 aliphatic heterocycles. The molecule has 2 rings (SSSR count). The molecule has 2 amide bonds. The van der Waals surface area contributed by atoms with Crippen LogP contribution in [0.5, 0.6) is 0 Å². The maximum Gasteiger partial charge on any atom is 0.326 e. The van der Waals surface area contributed by atoms with Crippen LogP contribution in [0.4, 0.5) is 10.5 Å². The number of carboxylic acid groups (broad SMARTS) is 1. The lowest BCUT2D eigenvalue weighted by Gasteiger charge is -2.32. The molecule has 20 heavy (non-hydrogen) atoms. The molecule has 1 aromatic rings. The number of anilines is 1. The van der Waals surface area contributed by atoms with Crippen molar-refractivity contribution in [2.75, 3.05) is 18.1 Å². The molecule has 0 aromatic heterocycles. The molecule has 0 aliphatic carbocycles. The van der Waals surface area contributed by atoms with Gasteiger partial charge >= 0.3 is 12.0 Å². The molecule has 0 spiro atoms. The third-order valence-electron chi connectivity index (χ3n) is 3.39. The van der Waals surface area contributed by atoms with Crippen LogP contribution in [0.2, 0.25) is 0 Å². The van der Waals surface area contributed by atoms with Crippen LogP contribution in [-0.4, -0.2) is 40.8 Å². The number of carboxylic acids is 1. The van der Waals surface area contributed by atoms with Crippen molar-refractivity contribution >= 4 is 29.4 Å². The highest BCUT2D eigenvalue weighted by atomic mass is 32.2. The monoisotopic (exact) mass is 294 g/mol. The summed E-state index contributed by atoms with van der Waals surface area (Å²) in [6.45, 7) is 0.492. The third kappa shape index (κ3) is 3.45. The van der Waals surface area contributed by atoms with Gasteiger partial charge in [-0.15, -0.1) is 11.8 Å². The van der Waals surface area contributed by atoms with E-state index in [1.807, 2.05) is 30.5 Å². The fraction of sp³-hybridized carbons (Fsp3) is 0.429. The number of benzene rings is 1. The van der Waals surface area contributed by atoms with Crippen molar-refractivity contribution in [3.05, 3.63) is 24.3 Å². The molecule has 6 heteroatoms. The summed E-state index contributed by atoms with van der Waals surface area (Å²) in [5, 5.41) is 11.9. The summed E-state index contributed by atoms with van der Waals surface area (Å²) in [6, 6.07) is 6.44. The van der Waals surface area contributed by atoms with Gasteiger partial charge in [-0.05, 0) is 49.8 Å². The van der Waals surface area contributed by atoms with Gasteiger partial charge in [0.1, 0.15) is 6.04 Å². The van der Waals surface area contributed by atoms with Crippen molar-refractivity contribution in [1.29, 1.82) is 0 Å². The van der Waals surface area contributed by atoms with E-state index in [4.69, 9.17) is 5.11 Å². The zero-order valence-electron chi connectivity index (χ0n) is 11.3. The summed E-state index contributed by atoms with van der Waals surface area (Å²) < 4.78 is 0. The fourth-order valence-electron chi connectivity index (χ4n) is 2.30. The largest absolute Gasteiger partial charge is 0.480 e. The first-order chi connectivity index (χ1) is 9.61. The van der Waals surface area contributed by atoms with Gasteiger partial charge in [0.15, 0.2) is 0 Å².